The molecule has 0 aliphatic rings. The van der Waals surface area contributed by atoms with Crippen LogP contribution < -0.4 is 20.1 Å². The molecule has 0 atom stereocenters. The van der Waals surface area contributed by atoms with E-state index in [1.165, 1.54) is 6.07 Å². The Hall–Kier alpha value is -1.32. The van der Waals surface area contributed by atoms with E-state index in [4.69, 9.17) is 4.74 Å². The molecule has 1 aromatic rings. The van der Waals surface area contributed by atoms with Gasteiger partial charge in [-0.05, 0) is 38.5 Å². The Morgan fingerprint density at radius 3 is 2.48 bits per heavy atom. The highest BCUT2D eigenvalue weighted by Crippen LogP contribution is 2.29. The second kappa shape index (κ2) is 11.3. The fourth-order valence-corrected chi connectivity index (χ4v) is 1.78. The van der Waals surface area contributed by atoms with Crippen molar-refractivity contribution in [2.24, 2.45) is 4.99 Å². The Labute approximate surface area is 152 Å². The lowest BCUT2D eigenvalue weighted by Crippen LogP contribution is -2.40. The minimum atomic E-state index is -2.88. The molecule has 8 heteroatoms. The number of benzene rings is 1. The molecule has 132 valence electrons. The van der Waals surface area contributed by atoms with Crippen LogP contribution in [0.2, 0.25) is 0 Å². The van der Waals surface area contributed by atoms with Gasteiger partial charge in [0.05, 0.1) is 6.61 Å². The summed E-state index contributed by atoms with van der Waals surface area (Å²) >= 11 is 0. The largest absolute Gasteiger partial charge is 0.490 e. The lowest BCUT2D eigenvalue weighted by molar-refractivity contribution is -0.0514. The van der Waals surface area contributed by atoms with Gasteiger partial charge < -0.3 is 20.1 Å². The van der Waals surface area contributed by atoms with E-state index in [0.29, 0.717) is 24.9 Å². The van der Waals surface area contributed by atoms with Crippen molar-refractivity contribution in [3.8, 4) is 11.5 Å². The normalized spacial score (nSPS) is 11.2. The van der Waals surface area contributed by atoms with Crippen molar-refractivity contribution in [1.82, 2.24) is 10.6 Å². The molecule has 0 unspecified atom stereocenters. The van der Waals surface area contributed by atoms with E-state index >= 15 is 0 Å². The summed E-state index contributed by atoms with van der Waals surface area (Å²) in [5, 5.41) is 6.30. The number of ether oxygens (including phenoxy) is 2. The van der Waals surface area contributed by atoms with Crippen molar-refractivity contribution in [3.05, 3.63) is 23.8 Å². The first-order chi connectivity index (χ1) is 10.5. The van der Waals surface area contributed by atoms with Crippen molar-refractivity contribution in [1.29, 1.82) is 0 Å². The molecule has 0 fully saturated rings. The number of aliphatic imine (C=N–C) groups is 1. The number of alkyl halides is 2. The van der Waals surface area contributed by atoms with Crippen molar-refractivity contribution in [2.45, 2.75) is 40.0 Å². The third kappa shape index (κ3) is 8.19. The second-order valence-electron chi connectivity index (χ2n) is 4.82. The Bertz CT molecular complexity index is 500. The van der Waals surface area contributed by atoms with Crippen molar-refractivity contribution in [3.63, 3.8) is 0 Å². The van der Waals surface area contributed by atoms with Gasteiger partial charge in [0, 0.05) is 19.6 Å². The van der Waals surface area contributed by atoms with Gasteiger partial charge in [0.2, 0.25) is 0 Å². The van der Waals surface area contributed by atoms with Gasteiger partial charge in [-0.25, -0.2) is 0 Å². The van der Waals surface area contributed by atoms with Crippen LogP contribution >= 0.6 is 24.0 Å². The Morgan fingerprint density at radius 1 is 1.26 bits per heavy atom. The summed E-state index contributed by atoms with van der Waals surface area (Å²) in [6, 6.07) is 5.12. The quantitative estimate of drug-likeness (QED) is 0.386. The molecule has 0 saturated heterocycles. The van der Waals surface area contributed by atoms with Gasteiger partial charge in [0.25, 0.3) is 0 Å². The number of hydrogen-bond acceptors (Lipinski definition) is 3. The van der Waals surface area contributed by atoms with E-state index in [9.17, 15) is 8.78 Å². The summed E-state index contributed by atoms with van der Waals surface area (Å²) in [4.78, 5) is 4.10. The highest BCUT2D eigenvalue weighted by molar-refractivity contribution is 14.0. The lowest BCUT2D eigenvalue weighted by atomic mass is 10.2. The Balaban J connectivity index is 0.00000484. The topological polar surface area (TPSA) is 54.9 Å². The molecule has 0 spiro atoms. The van der Waals surface area contributed by atoms with Crippen LogP contribution in [0.25, 0.3) is 0 Å². The standard InChI is InChI=1S/C15H23F2N3O2.HI/c1-5-21-13-8-11(6-7-12(13)22-14(16)17)9-19-15(18-4)20-10(2)3;/h6-8,10,14H,5,9H2,1-4H3,(H2,18,19,20);1H. The van der Waals surface area contributed by atoms with Gasteiger partial charge in [-0.3, -0.25) is 4.99 Å². The van der Waals surface area contributed by atoms with E-state index in [1.54, 1.807) is 26.1 Å². The molecule has 0 radical (unpaired) electrons. The highest BCUT2D eigenvalue weighted by Gasteiger charge is 2.11. The zero-order chi connectivity index (χ0) is 16.5. The van der Waals surface area contributed by atoms with E-state index in [2.05, 4.69) is 20.4 Å². The molecule has 23 heavy (non-hydrogen) atoms. The van der Waals surface area contributed by atoms with E-state index in [1.807, 2.05) is 13.8 Å². The van der Waals surface area contributed by atoms with Gasteiger partial charge in [0.15, 0.2) is 17.5 Å². The predicted octanol–water partition coefficient (Wildman–Crippen LogP) is 3.38. The molecule has 0 saturated carbocycles. The summed E-state index contributed by atoms with van der Waals surface area (Å²) in [7, 11) is 1.68. The highest BCUT2D eigenvalue weighted by atomic mass is 127. The number of halogens is 3. The minimum absolute atomic E-state index is 0. The minimum Gasteiger partial charge on any atom is -0.490 e. The van der Waals surface area contributed by atoms with Crippen LogP contribution in [0.4, 0.5) is 8.78 Å². The summed E-state index contributed by atoms with van der Waals surface area (Å²) in [6.45, 7) is 3.78. The fraction of sp³-hybridized carbons (Fsp3) is 0.533. The van der Waals surface area contributed by atoms with Crippen LogP contribution in [-0.2, 0) is 6.54 Å². The monoisotopic (exact) mass is 443 g/mol. The van der Waals surface area contributed by atoms with Gasteiger partial charge in [0.1, 0.15) is 0 Å². The first-order valence-corrected chi connectivity index (χ1v) is 7.14. The molecule has 5 nitrogen and oxygen atoms in total. The zero-order valence-corrected chi connectivity index (χ0v) is 16.1. The first kappa shape index (κ1) is 21.7. The van der Waals surface area contributed by atoms with Crippen LogP contribution in [0.15, 0.2) is 23.2 Å². The predicted molar refractivity (Wildman–Crippen MR) is 98.1 cm³/mol. The molecule has 1 rings (SSSR count). The summed E-state index contributed by atoms with van der Waals surface area (Å²) in [5.41, 5.74) is 0.872. The van der Waals surface area contributed by atoms with Crippen molar-refractivity contribution in [2.75, 3.05) is 13.7 Å². The maximum atomic E-state index is 12.3. The summed E-state index contributed by atoms with van der Waals surface area (Å²) in [6.07, 6.45) is 0. The van der Waals surface area contributed by atoms with Crippen LogP contribution in [0.3, 0.4) is 0 Å². The van der Waals surface area contributed by atoms with Crippen LogP contribution in [0, 0.1) is 0 Å². The van der Waals surface area contributed by atoms with Crippen LogP contribution in [-0.4, -0.2) is 32.3 Å². The SMILES string of the molecule is CCOc1cc(CNC(=NC)NC(C)C)ccc1OC(F)F.I. The lowest BCUT2D eigenvalue weighted by Gasteiger charge is -2.16. The maximum absolute atomic E-state index is 12.3. The van der Waals surface area contributed by atoms with Crippen LogP contribution in [0.1, 0.15) is 26.3 Å². The molecule has 0 aliphatic carbocycles. The molecular formula is C15H24F2IN3O2. The number of rotatable bonds is 7. The van der Waals surface area contributed by atoms with E-state index in [-0.39, 0.29) is 35.8 Å². The molecule has 0 aliphatic heterocycles. The molecule has 1 aromatic carbocycles. The number of guanidine groups is 1. The van der Waals surface area contributed by atoms with Crippen molar-refractivity contribution >= 4 is 29.9 Å². The van der Waals surface area contributed by atoms with Gasteiger partial charge >= 0.3 is 6.61 Å². The number of hydrogen-bond donors (Lipinski definition) is 2. The molecule has 0 amide bonds. The summed E-state index contributed by atoms with van der Waals surface area (Å²) < 4.78 is 34.5. The Kier molecular flexibility index (Phi) is 10.6. The number of nitrogens with zero attached hydrogens (tertiary/aromatic N) is 1. The third-order valence-electron chi connectivity index (χ3n) is 2.63. The van der Waals surface area contributed by atoms with E-state index < -0.39 is 6.61 Å². The number of nitrogens with one attached hydrogen (secondary N) is 2. The molecule has 0 heterocycles. The molecule has 2 N–H and O–H groups in total. The third-order valence-corrected chi connectivity index (χ3v) is 2.63. The summed E-state index contributed by atoms with van der Waals surface area (Å²) in [5.74, 6) is 1.00. The molecule has 0 bridgehead atoms. The maximum Gasteiger partial charge on any atom is 0.387 e. The van der Waals surface area contributed by atoms with E-state index in [0.717, 1.165) is 5.56 Å². The smallest absolute Gasteiger partial charge is 0.387 e. The second-order valence-corrected chi connectivity index (χ2v) is 4.82. The van der Waals surface area contributed by atoms with Crippen LogP contribution in [0.5, 0.6) is 11.5 Å². The van der Waals surface area contributed by atoms with Crippen molar-refractivity contribution < 1.29 is 18.3 Å². The van der Waals surface area contributed by atoms with Gasteiger partial charge in [-0.1, -0.05) is 6.07 Å². The first-order valence-electron chi connectivity index (χ1n) is 7.14. The van der Waals surface area contributed by atoms with Gasteiger partial charge in [-0.15, -0.1) is 24.0 Å². The average molecular weight is 443 g/mol. The van der Waals surface area contributed by atoms with Gasteiger partial charge in [-0.2, -0.15) is 8.78 Å². The Morgan fingerprint density at radius 2 is 1.96 bits per heavy atom. The zero-order valence-electron chi connectivity index (χ0n) is 13.7. The molecular weight excluding hydrogens is 419 g/mol. The average Bonchev–Trinajstić information content (AvgIpc) is 2.45. The fourth-order valence-electron chi connectivity index (χ4n) is 1.78. The molecule has 0 aromatic heterocycles.